The molecule has 0 bridgehead atoms. The summed E-state index contributed by atoms with van der Waals surface area (Å²) in [6, 6.07) is 13.1. The van der Waals surface area contributed by atoms with Crippen molar-refractivity contribution in [2.45, 2.75) is 32.2 Å². The Hall–Kier alpha value is -3.59. The van der Waals surface area contributed by atoms with Gasteiger partial charge in [-0.15, -0.1) is 0 Å². The van der Waals surface area contributed by atoms with Crippen LogP contribution in [0.15, 0.2) is 47.6 Å². The molecule has 0 radical (unpaired) electrons. The molecule has 198 valence electrons. The lowest BCUT2D eigenvalue weighted by Gasteiger charge is -2.32. The van der Waals surface area contributed by atoms with Gasteiger partial charge in [0.05, 0.1) is 52.2 Å². The highest BCUT2D eigenvalue weighted by Gasteiger charge is 2.36. The molecule has 0 aliphatic carbocycles. The standard InChI is InChI=1S/C28H35N3O6/c1-5-37-28(33)19-12-14-30(15-13-19)18-27(32)31-23(21-8-6-7-9-24(21)34-2)17-22(29-31)20-10-11-25(35-3)26(16-20)36-4/h6-11,16,19,23H,5,12-15,17-18H2,1-4H3/t23-/m0/s1. The first kappa shape index (κ1) is 26.5. The second kappa shape index (κ2) is 12.1. The first-order chi connectivity index (χ1) is 18.0. The van der Waals surface area contributed by atoms with Crippen molar-refractivity contribution in [3.8, 4) is 17.2 Å². The molecule has 0 unspecified atom stereocenters. The van der Waals surface area contributed by atoms with Crippen LogP contribution in [0.1, 0.15) is 43.4 Å². The molecule has 0 aromatic heterocycles. The van der Waals surface area contributed by atoms with Crippen molar-refractivity contribution in [3.63, 3.8) is 0 Å². The predicted molar refractivity (Wildman–Crippen MR) is 139 cm³/mol. The van der Waals surface area contributed by atoms with E-state index in [1.165, 1.54) is 0 Å². The molecule has 2 aromatic rings. The zero-order valence-electron chi connectivity index (χ0n) is 21.9. The molecule has 0 N–H and O–H groups in total. The number of nitrogens with zero attached hydrogens (tertiary/aromatic N) is 3. The summed E-state index contributed by atoms with van der Waals surface area (Å²) >= 11 is 0. The minimum absolute atomic E-state index is 0.0963. The molecule has 4 rings (SSSR count). The number of amides is 1. The van der Waals surface area contributed by atoms with Crippen molar-refractivity contribution in [2.24, 2.45) is 11.0 Å². The van der Waals surface area contributed by atoms with E-state index in [-0.39, 0.29) is 30.4 Å². The maximum Gasteiger partial charge on any atom is 0.309 e. The molecule has 2 aliphatic heterocycles. The SMILES string of the molecule is CCOC(=O)C1CCN(CC(=O)N2N=C(c3ccc(OC)c(OC)c3)C[C@H]2c2ccccc2OC)CC1. The summed E-state index contributed by atoms with van der Waals surface area (Å²) in [7, 11) is 4.82. The van der Waals surface area contributed by atoms with Crippen LogP contribution in [-0.2, 0) is 14.3 Å². The average molecular weight is 510 g/mol. The lowest BCUT2D eigenvalue weighted by Crippen LogP contribution is -2.43. The lowest BCUT2D eigenvalue weighted by atomic mass is 9.96. The fraction of sp³-hybridized carbons (Fsp3) is 0.464. The van der Waals surface area contributed by atoms with Crippen LogP contribution in [0.4, 0.5) is 0 Å². The molecule has 9 nitrogen and oxygen atoms in total. The Kier molecular flexibility index (Phi) is 8.66. The number of hydrogen-bond donors (Lipinski definition) is 0. The van der Waals surface area contributed by atoms with Crippen LogP contribution in [0.3, 0.4) is 0 Å². The van der Waals surface area contributed by atoms with Crippen molar-refractivity contribution in [1.29, 1.82) is 0 Å². The van der Waals surface area contributed by atoms with Crippen molar-refractivity contribution in [3.05, 3.63) is 53.6 Å². The van der Waals surface area contributed by atoms with Gasteiger partial charge in [-0.05, 0) is 57.1 Å². The normalized spacial score (nSPS) is 18.3. The Bertz CT molecular complexity index is 1140. The number of hydrogen-bond acceptors (Lipinski definition) is 8. The number of rotatable bonds is 9. The van der Waals surface area contributed by atoms with Gasteiger partial charge in [0.1, 0.15) is 5.75 Å². The summed E-state index contributed by atoms with van der Waals surface area (Å²) < 4.78 is 21.6. The van der Waals surface area contributed by atoms with E-state index in [1.807, 2.05) is 49.4 Å². The predicted octanol–water partition coefficient (Wildman–Crippen LogP) is 3.67. The number of benzene rings is 2. The highest BCUT2D eigenvalue weighted by Crippen LogP contribution is 2.39. The third kappa shape index (κ3) is 5.88. The average Bonchev–Trinajstić information content (AvgIpc) is 3.38. The fourth-order valence-electron chi connectivity index (χ4n) is 4.97. The summed E-state index contributed by atoms with van der Waals surface area (Å²) in [6.45, 7) is 3.75. The largest absolute Gasteiger partial charge is 0.496 e. The maximum absolute atomic E-state index is 13.6. The zero-order valence-corrected chi connectivity index (χ0v) is 21.9. The third-order valence-electron chi connectivity index (χ3n) is 6.95. The number of esters is 1. The van der Waals surface area contributed by atoms with Crippen LogP contribution >= 0.6 is 0 Å². The van der Waals surface area contributed by atoms with Crippen molar-refractivity contribution < 1.29 is 28.5 Å². The molecule has 1 saturated heterocycles. The van der Waals surface area contributed by atoms with Crippen LogP contribution < -0.4 is 14.2 Å². The van der Waals surface area contributed by atoms with Crippen LogP contribution in [0.25, 0.3) is 0 Å². The first-order valence-corrected chi connectivity index (χ1v) is 12.6. The van der Waals surface area contributed by atoms with Crippen molar-refractivity contribution in [1.82, 2.24) is 9.91 Å². The highest BCUT2D eigenvalue weighted by atomic mass is 16.5. The minimum Gasteiger partial charge on any atom is -0.496 e. The van der Waals surface area contributed by atoms with Crippen molar-refractivity contribution >= 4 is 17.6 Å². The van der Waals surface area contributed by atoms with E-state index in [0.717, 1.165) is 16.8 Å². The van der Waals surface area contributed by atoms with Gasteiger partial charge in [0.15, 0.2) is 11.5 Å². The number of methoxy groups -OCH3 is 3. The molecule has 2 aliphatic rings. The van der Waals surface area contributed by atoms with Gasteiger partial charge >= 0.3 is 5.97 Å². The van der Waals surface area contributed by atoms with E-state index in [9.17, 15) is 9.59 Å². The van der Waals surface area contributed by atoms with Crippen LogP contribution in [-0.4, -0.2) is 75.1 Å². The lowest BCUT2D eigenvalue weighted by molar-refractivity contribution is -0.149. The maximum atomic E-state index is 13.6. The summed E-state index contributed by atoms with van der Waals surface area (Å²) in [5.41, 5.74) is 2.55. The van der Waals surface area contributed by atoms with Gasteiger partial charge < -0.3 is 18.9 Å². The van der Waals surface area contributed by atoms with E-state index in [4.69, 9.17) is 24.0 Å². The summed E-state index contributed by atoms with van der Waals surface area (Å²) in [5, 5.41) is 6.39. The molecule has 1 atom stereocenters. The number of para-hydroxylation sites is 1. The number of ether oxygens (including phenoxy) is 4. The van der Waals surface area contributed by atoms with Gasteiger partial charge in [0.25, 0.3) is 5.91 Å². The molecule has 1 amide bonds. The quantitative estimate of drug-likeness (QED) is 0.477. The van der Waals surface area contributed by atoms with E-state index in [2.05, 4.69) is 4.90 Å². The van der Waals surface area contributed by atoms with Gasteiger partial charge in [-0.25, -0.2) is 5.01 Å². The second-order valence-corrected chi connectivity index (χ2v) is 9.12. The molecular weight excluding hydrogens is 474 g/mol. The Balaban J connectivity index is 1.56. The van der Waals surface area contributed by atoms with E-state index in [0.29, 0.717) is 56.2 Å². The van der Waals surface area contributed by atoms with Gasteiger partial charge in [-0.1, -0.05) is 18.2 Å². The van der Waals surface area contributed by atoms with Crippen LogP contribution in [0, 0.1) is 5.92 Å². The molecule has 2 aromatic carbocycles. The van der Waals surface area contributed by atoms with Gasteiger partial charge in [0.2, 0.25) is 0 Å². The molecular formula is C28H35N3O6. The van der Waals surface area contributed by atoms with E-state index < -0.39 is 0 Å². The first-order valence-electron chi connectivity index (χ1n) is 12.6. The monoisotopic (exact) mass is 509 g/mol. The highest BCUT2D eigenvalue weighted by molar-refractivity contribution is 6.03. The summed E-state index contributed by atoms with van der Waals surface area (Å²) in [4.78, 5) is 27.8. The Morgan fingerprint density at radius 3 is 2.32 bits per heavy atom. The number of piperidine rings is 1. The zero-order chi connectivity index (χ0) is 26.4. The number of carbonyl (C=O) groups is 2. The van der Waals surface area contributed by atoms with Gasteiger partial charge in [-0.3, -0.25) is 14.5 Å². The van der Waals surface area contributed by atoms with Crippen molar-refractivity contribution in [2.75, 3.05) is 47.6 Å². The summed E-state index contributed by atoms with van der Waals surface area (Å²) in [6.07, 6.45) is 1.90. The number of carbonyl (C=O) groups excluding carboxylic acids is 2. The Morgan fingerprint density at radius 2 is 1.65 bits per heavy atom. The molecule has 0 spiro atoms. The van der Waals surface area contributed by atoms with Crippen LogP contribution in [0.2, 0.25) is 0 Å². The minimum atomic E-state index is -0.302. The van der Waals surface area contributed by atoms with Gasteiger partial charge in [-0.2, -0.15) is 5.10 Å². The molecule has 1 fully saturated rings. The Labute approximate surface area is 217 Å². The number of likely N-dealkylation sites (tertiary alicyclic amines) is 1. The fourth-order valence-corrected chi connectivity index (χ4v) is 4.97. The topological polar surface area (TPSA) is 89.9 Å². The smallest absolute Gasteiger partial charge is 0.309 e. The molecule has 9 heteroatoms. The van der Waals surface area contributed by atoms with Gasteiger partial charge in [0, 0.05) is 17.5 Å². The van der Waals surface area contributed by atoms with Crippen LogP contribution in [0.5, 0.6) is 17.2 Å². The Morgan fingerprint density at radius 1 is 0.946 bits per heavy atom. The second-order valence-electron chi connectivity index (χ2n) is 9.12. The third-order valence-corrected chi connectivity index (χ3v) is 6.95. The molecule has 37 heavy (non-hydrogen) atoms. The number of hydrazone groups is 1. The van der Waals surface area contributed by atoms with E-state index in [1.54, 1.807) is 26.3 Å². The summed E-state index contributed by atoms with van der Waals surface area (Å²) in [5.74, 6) is 1.60. The molecule has 2 heterocycles. The molecule has 0 saturated carbocycles. The van der Waals surface area contributed by atoms with E-state index >= 15 is 0 Å².